The van der Waals surface area contributed by atoms with E-state index in [4.69, 9.17) is 0 Å². The number of rotatable bonds is 3. The smallest absolute Gasteiger partial charge is 0.164 e. The molecule has 0 fully saturated rings. The number of aromatic nitrogens is 3. The van der Waals surface area contributed by atoms with Crippen LogP contribution in [0.15, 0.2) is 80.1 Å². The van der Waals surface area contributed by atoms with E-state index in [0.717, 1.165) is 20.1 Å². The molecule has 0 saturated carbocycles. The first-order valence-electron chi connectivity index (χ1n) is 8.26. The fourth-order valence-corrected chi connectivity index (χ4v) is 3.39. The zero-order chi connectivity index (χ0) is 19.7. The topological polar surface area (TPSA) is 58.9 Å². The molecule has 0 spiro atoms. The van der Waals surface area contributed by atoms with Crippen LogP contribution in [-0.2, 0) is 0 Å². The Balaban J connectivity index is 1.90. The van der Waals surface area contributed by atoms with Crippen LogP contribution in [0.3, 0.4) is 0 Å². The Bertz CT molecular complexity index is 1080. The molecule has 0 saturated heterocycles. The maximum atomic E-state index is 10.1. The lowest BCUT2D eigenvalue weighted by Gasteiger charge is -2.09. The quantitative estimate of drug-likeness (QED) is 0.297. The van der Waals surface area contributed by atoms with Crippen molar-refractivity contribution in [3.8, 4) is 39.9 Å². The third-order valence-electron chi connectivity index (χ3n) is 4.04. The van der Waals surface area contributed by atoms with Gasteiger partial charge in [0, 0.05) is 25.6 Å². The summed E-state index contributed by atoms with van der Waals surface area (Å²) in [6.07, 6.45) is 0. The van der Waals surface area contributed by atoms with Crippen molar-refractivity contribution in [1.82, 2.24) is 15.0 Å². The summed E-state index contributed by atoms with van der Waals surface area (Å²) in [7, 11) is 0. The highest BCUT2D eigenvalue weighted by Crippen LogP contribution is 2.30. The van der Waals surface area contributed by atoms with Gasteiger partial charge in [-0.1, -0.05) is 56.1 Å². The lowest BCUT2D eigenvalue weighted by Crippen LogP contribution is -2.00. The Labute approximate surface area is 187 Å². The van der Waals surface area contributed by atoms with Crippen LogP contribution in [0.1, 0.15) is 0 Å². The molecular formula is C21H12Br3N3O. The molecule has 138 valence electrons. The van der Waals surface area contributed by atoms with Crippen molar-refractivity contribution in [3.63, 3.8) is 0 Å². The monoisotopic (exact) mass is 559 g/mol. The van der Waals surface area contributed by atoms with Gasteiger partial charge < -0.3 is 5.11 Å². The third kappa shape index (κ3) is 4.16. The molecule has 4 aromatic rings. The van der Waals surface area contributed by atoms with Gasteiger partial charge >= 0.3 is 0 Å². The van der Waals surface area contributed by atoms with Gasteiger partial charge in [0.15, 0.2) is 17.5 Å². The Hall–Kier alpha value is -2.09. The molecule has 0 radical (unpaired) electrons. The average molecular weight is 562 g/mol. The van der Waals surface area contributed by atoms with E-state index < -0.39 is 0 Å². The summed E-state index contributed by atoms with van der Waals surface area (Å²) in [6.45, 7) is 0. The molecule has 0 amide bonds. The highest BCUT2D eigenvalue weighted by atomic mass is 79.9. The Morgan fingerprint density at radius 2 is 0.929 bits per heavy atom. The molecule has 0 unspecified atom stereocenters. The van der Waals surface area contributed by atoms with Crippen LogP contribution in [0.5, 0.6) is 5.75 Å². The lowest BCUT2D eigenvalue weighted by atomic mass is 10.1. The van der Waals surface area contributed by atoms with Crippen LogP contribution in [0.2, 0.25) is 0 Å². The van der Waals surface area contributed by atoms with Crippen molar-refractivity contribution >= 4 is 47.8 Å². The normalized spacial score (nSPS) is 10.8. The third-order valence-corrected chi connectivity index (χ3v) is 5.77. The van der Waals surface area contributed by atoms with E-state index in [-0.39, 0.29) is 5.75 Å². The van der Waals surface area contributed by atoms with Crippen LogP contribution in [-0.4, -0.2) is 20.1 Å². The summed E-state index contributed by atoms with van der Waals surface area (Å²) < 4.78 is 2.58. The number of phenolic OH excluding ortho intramolecular Hbond substituents is 1. The summed E-state index contributed by atoms with van der Waals surface area (Å²) in [6, 6.07) is 20.9. The molecule has 1 N–H and O–H groups in total. The number of halogens is 3. The van der Waals surface area contributed by atoms with Crippen molar-refractivity contribution in [2.24, 2.45) is 0 Å². The molecule has 0 bridgehead atoms. The van der Waals surface area contributed by atoms with Crippen molar-refractivity contribution in [2.75, 3.05) is 0 Å². The predicted octanol–water partition coefficient (Wildman–Crippen LogP) is 6.87. The summed E-state index contributed by atoms with van der Waals surface area (Å²) in [5.41, 5.74) is 2.47. The van der Waals surface area contributed by atoms with E-state index in [1.54, 1.807) is 12.1 Å². The average Bonchev–Trinajstić information content (AvgIpc) is 2.71. The van der Waals surface area contributed by atoms with Crippen molar-refractivity contribution in [3.05, 3.63) is 80.1 Å². The zero-order valence-corrected chi connectivity index (χ0v) is 19.0. The van der Waals surface area contributed by atoms with Crippen LogP contribution in [0.25, 0.3) is 34.2 Å². The van der Waals surface area contributed by atoms with E-state index in [0.29, 0.717) is 27.5 Å². The van der Waals surface area contributed by atoms with Crippen molar-refractivity contribution in [1.29, 1.82) is 0 Å². The fourth-order valence-electron chi connectivity index (χ4n) is 2.61. The van der Waals surface area contributed by atoms with Gasteiger partial charge in [-0.15, -0.1) is 0 Å². The maximum absolute atomic E-state index is 10.1. The van der Waals surface area contributed by atoms with E-state index in [9.17, 15) is 5.11 Å². The summed E-state index contributed by atoms with van der Waals surface area (Å²) in [5, 5.41) is 10.1. The number of phenols is 1. The van der Waals surface area contributed by atoms with Crippen molar-refractivity contribution in [2.45, 2.75) is 0 Å². The van der Waals surface area contributed by atoms with Gasteiger partial charge in [-0.3, -0.25) is 0 Å². The molecule has 1 heterocycles. The molecule has 4 rings (SSSR count). The first-order valence-corrected chi connectivity index (χ1v) is 10.6. The van der Waals surface area contributed by atoms with Crippen molar-refractivity contribution < 1.29 is 5.11 Å². The van der Waals surface area contributed by atoms with Gasteiger partial charge in [0.2, 0.25) is 0 Å². The Morgan fingerprint density at radius 3 is 1.36 bits per heavy atom. The predicted molar refractivity (Wildman–Crippen MR) is 121 cm³/mol. The second kappa shape index (κ2) is 8.11. The SMILES string of the molecule is Oc1cc(-c2nc(-c3ccc(Br)cc3)nc(-c3ccc(Br)cc3)n2)ccc1Br. The molecule has 0 aliphatic heterocycles. The fraction of sp³-hybridized carbons (Fsp3) is 0. The first kappa shape index (κ1) is 19.2. The number of aromatic hydroxyl groups is 1. The molecular weight excluding hydrogens is 550 g/mol. The van der Waals surface area contributed by atoms with Gasteiger partial charge in [0.05, 0.1) is 4.47 Å². The number of benzene rings is 3. The van der Waals surface area contributed by atoms with Crippen LogP contribution >= 0.6 is 47.8 Å². The van der Waals surface area contributed by atoms with E-state index in [2.05, 4.69) is 62.7 Å². The van der Waals surface area contributed by atoms with Crippen LogP contribution < -0.4 is 0 Å². The molecule has 0 atom stereocenters. The number of hydrogen-bond acceptors (Lipinski definition) is 4. The van der Waals surface area contributed by atoms with Gasteiger partial charge in [-0.25, -0.2) is 15.0 Å². The van der Waals surface area contributed by atoms with E-state index in [1.165, 1.54) is 0 Å². The minimum absolute atomic E-state index is 0.133. The largest absolute Gasteiger partial charge is 0.507 e. The summed E-state index contributed by atoms with van der Waals surface area (Å²) in [4.78, 5) is 14.0. The molecule has 4 nitrogen and oxygen atoms in total. The maximum Gasteiger partial charge on any atom is 0.164 e. The first-order chi connectivity index (χ1) is 13.5. The second-order valence-corrected chi connectivity index (χ2v) is 8.67. The summed E-state index contributed by atoms with van der Waals surface area (Å²) >= 11 is 10.2. The Morgan fingerprint density at radius 1 is 0.536 bits per heavy atom. The number of hydrogen-bond donors (Lipinski definition) is 1. The minimum Gasteiger partial charge on any atom is -0.507 e. The van der Waals surface area contributed by atoms with Crippen LogP contribution in [0.4, 0.5) is 0 Å². The number of nitrogens with zero attached hydrogens (tertiary/aromatic N) is 3. The van der Waals surface area contributed by atoms with E-state index in [1.807, 2.05) is 54.6 Å². The van der Waals surface area contributed by atoms with Crippen LogP contribution in [0, 0.1) is 0 Å². The van der Waals surface area contributed by atoms with Gasteiger partial charge in [-0.2, -0.15) is 0 Å². The second-order valence-electron chi connectivity index (χ2n) is 5.99. The lowest BCUT2D eigenvalue weighted by molar-refractivity contribution is 0.472. The standard InChI is InChI=1S/C21H12Br3N3O/c22-15-6-1-12(2-7-15)19-25-20(13-3-8-16(23)9-4-13)27-21(26-19)14-5-10-17(24)18(28)11-14/h1-11,28H. The molecule has 7 heteroatoms. The van der Waals surface area contributed by atoms with Gasteiger partial charge in [0.1, 0.15) is 5.75 Å². The summed E-state index contributed by atoms with van der Waals surface area (Å²) in [5.74, 6) is 1.76. The molecule has 0 aliphatic rings. The molecule has 3 aromatic carbocycles. The van der Waals surface area contributed by atoms with Gasteiger partial charge in [0.25, 0.3) is 0 Å². The molecule has 28 heavy (non-hydrogen) atoms. The highest BCUT2D eigenvalue weighted by Gasteiger charge is 2.13. The van der Waals surface area contributed by atoms with E-state index >= 15 is 0 Å². The zero-order valence-electron chi connectivity index (χ0n) is 14.3. The molecule has 1 aromatic heterocycles. The molecule has 0 aliphatic carbocycles. The van der Waals surface area contributed by atoms with Gasteiger partial charge in [-0.05, 0) is 58.4 Å². The highest BCUT2D eigenvalue weighted by molar-refractivity contribution is 9.11. The minimum atomic E-state index is 0.133. The Kier molecular flexibility index (Phi) is 5.57.